The number of nitrogen functional groups attached to an aromatic ring is 2. The van der Waals surface area contributed by atoms with Gasteiger partial charge in [-0.15, -0.1) is 0 Å². The van der Waals surface area contributed by atoms with Crippen molar-refractivity contribution in [1.29, 1.82) is 0 Å². The summed E-state index contributed by atoms with van der Waals surface area (Å²) in [5, 5.41) is 0.422. The SMILES string of the molecule is Cc1cc(C)c(C)c(C(=O)CSc2nc(N)cc(N)n2)c1C. The Hall–Kier alpha value is -2.08. The average molecular weight is 316 g/mol. The highest BCUT2D eigenvalue weighted by atomic mass is 32.2. The number of hydrogen-bond acceptors (Lipinski definition) is 6. The molecule has 116 valence electrons. The average Bonchev–Trinajstić information content (AvgIpc) is 2.42. The topological polar surface area (TPSA) is 94.9 Å². The highest BCUT2D eigenvalue weighted by molar-refractivity contribution is 7.99. The minimum atomic E-state index is 0.0661. The molecule has 0 radical (unpaired) electrons. The van der Waals surface area contributed by atoms with Crippen molar-refractivity contribution in [3.8, 4) is 0 Å². The number of ketones is 1. The van der Waals surface area contributed by atoms with Crippen molar-refractivity contribution in [2.45, 2.75) is 32.9 Å². The summed E-state index contributed by atoms with van der Waals surface area (Å²) < 4.78 is 0. The molecule has 0 saturated heterocycles. The molecule has 4 N–H and O–H groups in total. The number of hydrogen-bond donors (Lipinski definition) is 2. The van der Waals surface area contributed by atoms with E-state index in [2.05, 4.69) is 16.0 Å². The van der Waals surface area contributed by atoms with Crippen LogP contribution in [0.1, 0.15) is 32.6 Å². The van der Waals surface area contributed by atoms with Crippen molar-refractivity contribution in [2.24, 2.45) is 0 Å². The molecule has 1 aromatic heterocycles. The molecule has 5 nitrogen and oxygen atoms in total. The van der Waals surface area contributed by atoms with Gasteiger partial charge in [0.25, 0.3) is 0 Å². The predicted octanol–water partition coefficient (Wildman–Crippen LogP) is 2.85. The molecule has 0 aliphatic heterocycles. The Morgan fingerprint density at radius 2 is 1.50 bits per heavy atom. The normalized spacial score (nSPS) is 10.7. The lowest BCUT2D eigenvalue weighted by atomic mass is 9.92. The molecule has 0 aliphatic carbocycles. The molecular formula is C16H20N4OS. The number of Topliss-reactive ketones (excluding diaryl/α,β-unsaturated/α-hetero) is 1. The molecule has 2 rings (SSSR count). The lowest BCUT2D eigenvalue weighted by Gasteiger charge is -2.14. The molecule has 0 spiro atoms. The first-order valence-electron chi connectivity index (χ1n) is 6.93. The second kappa shape index (κ2) is 6.36. The minimum absolute atomic E-state index is 0.0661. The van der Waals surface area contributed by atoms with Crippen molar-refractivity contribution in [3.63, 3.8) is 0 Å². The van der Waals surface area contributed by atoms with E-state index in [9.17, 15) is 4.79 Å². The van der Waals surface area contributed by atoms with Crippen LogP contribution in [0.15, 0.2) is 17.3 Å². The van der Waals surface area contributed by atoms with E-state index < -0.39 is 0 Å². The van der Waals surface area contributed by atoms with Crippen LogP contribution in [0.2, 0.25) is 0 Å². The van der Waals surface area contributed by atoms with Crippen LogP contribution < -0.4 is 11.5 Å². The minimum Gasteiger partial charge on any atom is -0.383 e. The Balaban J connectivity index is 2.23. The third-order valence-electron chi connectivity index (χ3n) is 3.72. The van der Waals surface area contributed by atoms with E-state index in [1.807, 2.05) is 27.7 Å². The van der Waals surface area contributed by atoms with E-state index in [0.717, 1.165) is 27.8 Å². The first kappa shape index (κ1) is 16.3. The summed E-state index contributed by atoms with van der Waals surface area (Å²) in [5.74, 6) is 0.937. The summed E-state index contributed by atoms with van der Waals surface area (Å²) in [6.45, 7) is 8.00. The lowest BCUT2D eigenvalue weighted by Crippen LogP contribution is -2.10. The Morgan fingerprint density at radius 1 is 1.00 bits per heavy atom. The van der Waals surface area contributed by atoms with Crippen molar-refractivity contribution in [1.82, 2.24) is 9.97 Å². The molecule has 0 aliphatic rings. The number of aromatic nitrogens is 2. The zero-order valence-electron chi connectivity index (χ0n) is 13.2. The fourth-order valence-electron chi connectivity index (χ4n) is 2.36. The molecule has 1 heterocycles. The molecule has 0 unspecified atom stereocenters. The molecule has 0 amide bonds. The molecule has 0 saturated carbocycles. The van der Waals surface area contributed by atoms with Gasteiger partial charge in [-0.25, -0.2) is 9.97 Å². The Bertz CT molecular complexity index is 697. The van der Waals surface area contributed by atoms with Gasteiger partial charge in [-0.1, -0.05) is 17.8 Å². The summed E-state index contributed by atoms with van der Waals surface area (Å²) >= 11 is 1.25. The number of rotatable bonds is 4. The second-order valence-corrected chi connectivity index (χ2v) is 6.29. The standard InChI is InChI=1S/C16H20N4OS/c1-8-5-9(2)11(4)15(10(8)3)12(21)7-22-16-19-13(17)6-14(18)20-16/h5-6H,7H2,1-4H3,(H4,17,18,19,20). The summed E-state index contributed by atoms with van der Waals surface area (Å²) in [6, 6.07) is 3.60. The molecule has 2 aromatic rings. The van der Waals surface area contributed by atoms with Crippen molar-refractivity contribution >= 4 is 29.2 Å². The molecule has 22 heavy (non-hydrogen) atoms. The zero-order chi connectivity index (χ0) is 16.4. The van der Waals surface area contributed by atoms with Crippen LogP contribution >= 0.6 is 11.8 Å². The van der Waals surface area contributed by atoms with Crippen LogP contribution in [0.5, 0.6) is 0 Å². The van der Waals surface area contributed by atoms with Gasteiger partial charge in [0.15, 0.2) is 10.9 Å². The molecule has 1 aromatic carbocycles. The highest BCUT2D eigenvalue weighted by Gasteiger charge is 2.16. The number of thioether (sulfide) groups is 1. The summed E-state index contributed by atoms with van der Waals surface area (Å²) in [4.78, 5) is 20.7. The van der Waals surface area contributed by atoms with Crippen LogP contribution in [0, 0.1) is 27.7 Å². The maximum atomic E-state index is 12.6. The quantitative estimate of drug-likeness (QED) is 0.511. The Kier molecular flexibility index (Phi) is 4.71. The molecular weight excluding hydrogens is 296 g/mol. The number of nitrogens with two attached hydrogens (primary N) is 2. The third kappa shape index (κ3) is 3.39. The van der Waals surface area contributed by atoms with Gasteiger partial charge in [-0.3, -0.25) is 4.79 Å². The first-order chi connectivity index (χ1) is 10.3. The van der Waals surface area contributed by atoms with Gasteiger partial charge in [0.2, 0.25) is 0 Å². The monoisotopic (exact) mass is 316 g/mol. The zero-order valence-corrected chi connectivity index (χ0v) is 14.0. The summed E-state index contributed by atoms with van der Waals surface area (Å²) in [7, 11) is 0. The number of benzene rings is 1. The largest absolute Gasteiger partial charge is 0.383 e. The van der Waals surface area contributed by atoms with E-state index >= 15 is 0 Å². The van der Waals surface area contributed by atoms with E-state index in [-0.39, 0.29) is 11.5 Å². The Morgan fingerprint density at radius 3 is 2.00 bits per heavy atom. The first-order valence-corrected chi connectivity index (χ1v) is 7.91. The number of aryl methyl sites for hydroxylation is 2. The molecule has 0 bridgehead atoms. The van der Waals surface area contributed by atoms with Gasteiger partial charge in [-0.05, 0) is 49.9 Å². The van der Waals surface area contributed by atoms with E-state index in [1.54, 1.807) is 0 Å². The van der Waals surface area contributed by atoms with Gasteiger partial charge < -0.3 is 11.5 Å². The number of nitrogens with zero attached hydrogens (tertiary/aromatic N) is 2. The fraction of sp³-hybridized carbons (Fsp3) is 0.312. The van der Waals surface area contributed by atoms with Crippen molar-refractivity contribution in [2.75, 3.05) is 17.2 Å². The lowest BCUT2D eigenvalue weighted by molar-refractivity contribution is 0.102. The maximum absolute atomic E-state index is 12.6. The van der Waals surface area contributed by atoms with Crippen molar-refractivity contribution in [3.05, 3.63) is 39.9 Å². The van der Waals surface area contributed by atoms with Gasteiger partial charge in [0.1, 0.15) is 11.6 Å². The highest BCUT2D eigenvalue weighted by Crippen LogP contribution is 2.25. The molecule has 0 atom stereocenters. The van der Waals surface area contributed by atoms with Crippen molar-refractivity contribution < 1.29 is 4.79 Å². The maximum Gasteiger partial charge on any atom is 0.191 e. The molecule has 6 heteroatoms. The van der Waals surface area contributed by atoms with Gasteiger partial charge in [-0.2, -0.15) is 0 Å². The summed E-state index contributed by atoms with van der Waals surface area (Å²) in [6.07, 6.45) is 0. The van der Waals surface area contributed by atoms with Crippen LogP contribution in [-0.4, -0.2) is 21.5 Å². The molecule has 0 fully saturated rings. The second-order valence-electron chi connectivity index (χ2n) is 5.35. The van der Waals surface area contributed by atoms with Crippen LogP contribution in [0.4, 0.5) is 11.6 Å². The van der Waals surface area contributed by atoms with Crippen LogP contribution in [0.25, 0.3) is 0 Å². The predicted molar refractivity (Wildman–Crippen MR) is 91.3 cm³/mol. The summed E-state index contributed by atoms with van der Waals surface area (Å²) in [5.41, 5.74) is 16.4. The van der Waals surface area contributed by atoms with Crippen LogP contribution in [0.3, 0.4) is 0 Å². The van der Waals surface area contributed by atoms with Gasteiger partial charge >= 0.3 is 0 Å². The van der Waals surface area contributed by atoms with Gasteiger partial charge in [0.05, 0.1) is 5.75 Å². The number of anilines is 2. The third-order valence-corrected chi connectivity index (χ3v) is 4.57. The van der Waals surface area contributed by atoms with E-state index in [1.165, 1.54) is 17.8 Å². The number of carbonyl (C=O) groups excluding carboxylic acids is 1. The smallest absolute Gasteiger partial charge is 0.191 e. The van der Waals surface area contributed by atoms with Gasteiger partial charge in [0, 0.05) is 11.6 Å². The van der Waals surface area contributed by atoms with E-state index in [0.29, 0.717) is 16.8 Å². The van der Waals surface area contributed by atoms with Crippen LogP contribution in [-0.2, 0) is 0 Å². The number of carbonyl (C=O) groups is 1. The van der Waals surface area contributed by atoms with E-state index in [4.69, 9.17) is 11.5 Å². The fourth-order valence-corrected chi connectivity index (χ4v) is 3.11. The Labute approximate surface area is 134 Å².